The minimum absolute atomic E-state index is 0.228. The summed E-state index contributed by atoms with van der Waals surface area (Å²) in [6.07, 6.45) is 2.47. The molecule has 0 unspecified atom stereocenters. The summed E-state index contributed by atoms with van der Waals surface area (Å²) in [4.78, 5) is 4.45. The average Bonchev–Trinajstić information content (AvgIpc) is 2.73. The van der Waals surface area contributed by atoms with Gasteiger partial charge in [-0.2, -0.15) is 0 Å². The summed E-state index contributed by atoms with van der Waals surface area (Å²) in [6, 6.07) is 12.1. The lowest BCUT2D eigenvalue weighted by atomic mass is 10.1. The Labute approximate surface area is 109 Å². The van der Waals surface area contributed by atoms with Gasteiger partial charge in [0.05, 0.1) is 5.69 Å². The third-order valence-corrected chi connectivity index (χ3v) is 3.07. The number of benzene rings is 1. The first-order valence-electron chi connectivity index (χ1n) is 5.59. The van der Waals surface area contributed by atoms with Gasteiger partial charge in [0.1, 0.15) is 16.6 Å². The van der Waals surface area contributed by atoms with Crippen LogP contribution in [0.4, 0.5) is 4.39 Å². The molecule has 1 aromatic carbocycles. The van der Waals surface area contributed by atoms with Crippen molar-refractivity contribution in [2.45, 2.75) is 6.42 Å². The highest BCUT2D eigenvalue weighted by Gasteiger charge is 2.05. The van der Waals surface area contributed by atoms with E-state index in [0.29, 0.717) is 11.6 Å². The molecule has 0 saturated heterocycles. The molecule has 4 heteroatoms. The van der Waals surface area contributed by atoms with E-state index in [1.54, 1.807) is 6.07 Å². The van der Waals surface area contributed by atoms with Gasteiger partial charge >= 0.3 is 0 Å². The lowest BCUT2D eigenvalue weighted by Crippen LogP contribution is -1.88. The molecule has 0 fully saturated rings. The molecule has 2 heterocycles. The lowest BCUT2D eigenvalue weighted by Gasteiger charge is -1.97. The third-order valence-electron chi connectivity index (χ3n) is 2.77. The molecular formula is C14H10ClFN2. The van der Waals surface area contributed by atoms with E-state index >= 15 is 0 Å². The SMILES string of the molecule is Fc1cccc(Cc2cn3c(Cl)cccc3n2)c1. The van der Waals surface area contributed by atoms with Crippen LogP contribution in [-0.4, -0.2) is 9.38 Å². The van der Waals surface area contributed by atoms with Gasteiger partial charge in [0.25, 0.3) is 0 Å². The number of aromatic nitrogens is 2. The van der Waals surface area contributed by atoms with Crippen molar-refractivity contribution in [1.82, 2.24) is 9.38 Å². The second kappa shape index (κ2) is 4.42. The first-order valence-corrected chi connectivity index (χ1v) is 5.97. The molecular weight excluding hydrogens is 251 g/mol. The maximum absolute atomic E-state index is 13.1. The first kappa shape index (κ1) is 11.2. The van der Waals surface area contributed by atoms with E-state index in [9.17, 15) is 4.39 Å². The van der Waals surface area contributed by atoms with Gasteiger partial charge in [-0.25, -0.2) is 9.37 Å². The molecule has 0 N–H and O–H groups in total. The Kier molecular flexibility index (Phi) is 2.76. The van der Waals surface area contributed by atoms with Crippen LogP contribution in [0, 0.1) is 5.82 Å². The monoisotopic (exact) mass is 260 g/mol. The fourth-order valence-electron chi connectivity index (χ4n) is 1.97. The van der Waals surface area contributed by atoms with Crippen LogP contribution in [0.15, 0.2) is 48.7 Å². The van der Waals surface area contributed by atoms with E-state index in [-0.39, 0.29) is 5.82 Å². The van der Waals surface area contributed by atoms with Gasteiger partial charge in [0.15, 0.2) is 0 Å². The van der Waals surface area contributed by atoms with Crippen LogP contribution >= 0.6 is 11.6 Å². The maximum Gasteiger partial charge on any atom is 0.138 e. The maximum atomic E-state index is 13.1. The molecule has 0 amide bonds. The smallest absolute Gasteiger partial charge is 0.138 e. The van der Waals surface area contributed by atoms with Crippen LogP contribution < -0.4 is 0 Å². The Morgan fingerprint density at radius 2 is 2.00 bits per heavy atom. The van der Waals surface area contributed by atoms with Gasteiger partial charge in [-0.15, -0.1) is 0 Å². The second-order valence-electron chi connectivity index (χ2n) is 4.12. The quantitative estimate of drug-likeness (QED) is 0.642. The van der Waals surface area contributed by atoms with Crippen molar-refractivity contribution in [3.8, 4) is 0 Å². The number of fused-ring (bicyclic) bond motifs is 1. The molecule has 3 rings (SSSR count). The van der Waals surface area contributed by atoms with Gasteiger partial charge in [-0.05, 0) is 29.8 Å². The molecule has 0 aliphatic rings. The van der Waals surface area contributed by atoms with Crippen LogP contribution in [0.2, 0.25) is 5.15 Å². The van der Waals surface area contributed by atoms with Gasteiger partial charge in [-0.1, -0.05) is 29.8 Å². The summed E-state index contributed by atoms with van der Waals surface area (Å²) < 4.78 is 14.9. The van der Waals surface area contributed by atoms with Crippen molar-refractivity contribution in [1.29, 1.82) is 0 Å². The van der Waals surface area contributed by atoms with E-state index in [2.05, 4.69) is 4.98 Å². The van der Waals surface area contributed by atoms with Crippen molar-refractivity contribution in [2.24, 2.45) is 0 Å². The van der Waals surface area contributed by atoms with Gasteiger partial charge < -0.3 is 0 Å². The summed E-state index contributed by atoms with van der Waals surface area (Å²) in [6.45, 7) is 0. The predicted molar refractivity (Wildman–Crippen MR) is 69.4 cm³/mol. The molecule has 0 aliphatic heterocycles. The Morgan fingerprint density at radius 3 is 2.78 bits per heavy atom. The number of halogens is 2. The summed E-state index contributed by atoms with van der Waals surface area (Å²) in [5.41, 5.74) is 2.57. The van der Waals surface area contributed by atoms with Crippen LogP contribution in [0.5, 0.6) is 0 Å². The third kappa shape index (κ3) is 2.09. The van der Waals surface area contributed by atoms with Crippen LogP contribution in [0.25, 0.3) is 5.65 Å². The molecule has 2 nitrogen and oxygen atoms in total. The molecule has 90 valence electrons. The fourth-order valence-corrected chi connectivity index (χ4v) is 2.18. The molecule has 0 aliphatic carbocycles. The average molecular weight is 261 g/mol. The van der Waals surface area contributed by atoms with Crippen LogP contribution in [0.3, 0.4) is 0 Å². The largest absolute Gasteiger partial charge is 0.290 e. The van der Waals surface area contributed by atoms with Crippen molar-refractivity contribution < 1.29 is 4.39 Å². The second-order valence-corrected chi connectivity index (χ2v) is 4.50. The molecule has 0 radical (unpaired) electrons. The van der Waals surface area contributed by atoms with Gasteiger partial charge in [0.2, 0.25) is 0 Å². The summed E-state index contributed by atoms with van der Waals surface area (Å²) in [7, 11) is 0. The highest BCUT2D eigenvalue weighted by Crippen LogP contribution is 2.16. The molecule has 2 aromatic heterocycles. The number of pyridine rings is 1. The minimum Gasteiger partial charge on any atom is -0.290 e. The van der Waals surface area contributed by atoms with Crippen LogP contribution in [-0.2, 0) is 6.42 Å². The van der Waals surface area contributed by atoms with Crippen molar-refractivity contribution in [3.05, 3.63) is 70.9 Å². The Morgan fingerprint density at radius 1 is 1.17 bits per heavy atom. The predicted octanol–water partition coefficient (Wildman–Crippen LogP) is 3.72. The standard InChI is InChI=1S/C14H10ClFN2/c15-13-5-2-6-14-17-12(9-18(13)14)8-10-3-1-4-11(16)7-10/h1-7,9H,8H2. The molecule has 18 heavy (non-hydrogen) atoms. The summed E-state index contributed by atoms with van der Waals surface area (Å²) >= 11 is 6.06. The van der Waals surface area contributed by atoms with E-state index in [1.807, 2.05) is 34.9 Å². The number of imidazole rings is 1. The van der Waals surface area contributed by atoms with E-state index in [1.165, 1.54) is 12.1 Å². The molecule has 0 spiro atoms. The van der Waals surface area contributed by atoms with Gasteiger partial charge in [-0.3, -0.25) is 4.40 Å². The topological polar surface area (TPSA) is 17.3 Å². The summed E-state index contributed by atoms with van der Waals surface area (Å²) in [5.74, 6) is -0.228. The van der Waals surface area contributed by atoms with E-state index in [0.717, 1.165) is 16.9 Å². The Balaban J connectivity index is 1.98. The number of hydrogen-bond donors (Lipinski definition) is 0. The molecule has 3 aromatic rings. The Hall–Kier alpha value is -1.87. The van der Waals surface area contributed by atoms with E-state index < -0.39 is 0 Å². The molecule has 0 atom stereocenters. The number of hydrogen-bond acceptors (Lipinski definition) is 1. The van der Waals surface area contributed by atoms with Crippen molar-refractivity contribution in [3.63, 3.8) is 0 Å². The molecule has 0 bridgehead atoms. The zero-order chi connectivity index (χ0) is 12.5. The highest BCUT2D eigenvalue weighted by atomic mass is 35.5. The zero-order valence-corrected chi connectivity index (χ0v) is 10.2. The number of nitrogens with zero attached hydrogens (tertiary/aromatic N) is 2. The minimum atomic E-state index is -0.228. The lowest BCUT2D eigenvalue weighted by molar-refractivity contribution is 0.626. The zero-order valence-electron chi connectivity index (χ0n) is 9.48. The van der Waals surface area contributed by atoms with E-state index in [4.69, 9.17) is 11.6 Å². The number of rotatable bonds is 2. The fraction of sp³-hybridized carbons (Fsp3) is 0.0714. The Bertz CT molecular complexity index is 706. The first-order chi connectivity index (χ1) is 8.72. The molecule has 0 saturated carbocycles. The van der Waals surface area contributed by atoms with Crippen molar-refractivity contribution >= 4 is 17.2 Å². The van der Waals surface area contributed by atoms with Crippen molar-refractivity contribution in [2.75, 3.05) is 0 Å². The summed E-state index contributed by atoms with van der Waals surface area (Å²) in [5, 5.41) is 0.616. The van der Waals surface area contributed by atoms with Gasteiger partial charge in [0, 0.05) is 12.6 Å². The highest BCUT2D eigenvalue weighted by molar-refractivity contribution is 6.29. The normalized spacial score (nSPS) is 11.0. The van der Waals surface area contributed by atoms with Crippen LogP contribution in [0.1, 0.15) is 11.3 Å².